The van der Waals surface area contributed by atoms with Crippen molar-refractivity contribution in [1.29, 1.82) is 5.26 Å². The second kappa shape index (κ2) is 5.24. The van der Waals surface area contributed by atoms with Gasteiger partial charge in [0, 0.05) is 15.4 Å². The van der Waals surface area contributed by atoms with E-state index in [-0.39, 0.29) is 6.04 Å². The highest BCUT2D eigenvalue weighted by Crippen LogP contribution is 2.27. The molecular weight excluding hydrogens is 240 g/mol. The fraction of sp³-hybridized carbons (Fsp3) is 0.267. The van der Waals surface area contributed by atoms with E-state index in [1.165, 1.54) is 9.75 Å². The first-order valence-corrected chi connectivity index (χ1v) is 6.75. The van der Waals surface area contributed by atoms with Crippen molar-refractivity contribution in [3.05, 3.63) is 51.2 Å². The van der Waals surface area contributed by atoms with Gasteiger partial charge in [-0.2, -0.15) is 5.26 Å². The molecular formula is C15H16N2S. The molecule has 1 unspecified atom stereocenters. The predicted octanol–water partition coefficient (Wildman–Crippen LogP) is 4.41. The van der Waals surface area contributed by atoms with Crippen molar-refractivity contribution in [2.24, 2.45) is 0 Å². The second-order valence-electron chi connectivity index (χ2n) is 4.46. The highest BCUT2D eigenvalue weighted by Gasteiger charge is 2.09. The predicted molar refractivity (Wildman–Crippen MR) is 77.0 cm³/mol. The minimum absolute atomic E-state index is 0.261. The SMILES string of the molecule is Cc1ccc(C(C)Nc2cc(C#N)ccc2C)s1. The molecule has 92 valence electrons. The monoisotopic (exact) mass is 256 g/mol. The van der Waals surface area contributed by atoms with Gasteiger partial charge in [-0.3, -0.25) is 0 Å². The third-order valence-corrected chi connectivity index (χ3v) is 4.11. The minimum Gasteiger partial charge on any atom is -0.377 e. The van der Waals surface area contributed by atoms with Gasteiger partial charge < -0.3 is 5.32 Å². The highest BCUT2D eigenvalue weighted by molar-refractivity contribution is 7.12. The Morgan fingerprint density at radius 1 is 1.22 bits per heavy atom. The summed E-state index contributed by atoms with van der Waals surface area (Å²) in [6, 6.07) is 12.5. The van der Waals surface area contributed by atoms with Crippen molar-refractivity contribution in [2.45, 2.75) is 26.8 Å². The highest BCUT2D eigenvalue weighted by atomic mass is 32.1. The molecule has 1 aromatic heterocycles. The Bertz CT molecular complexity index is 593. The Labute approximate surface area is 112 Å². The maximum absolute atomic E-state index is 8.93. The fourth-order valence-electron chi connectivity index (χ4n) is 1.84. The molecule has 2 aromatic rings. The Kier molecular flexibility index (Phi) is 3.69. The quantitative estimate of drug-likeness (QED) is 0.883. The van der Waals surface area contributed by atoms with Crippen molar-refractivity contribution in [2.75, 3.05) is 5.32 Å². The van der Waals surface area contributed by atoms with Crippen LogP contribution < -0.4 is 5.32 Å². The van der Waals surface area contributed by atoms with E-state index in [4.69, 9.17) is 5.26 Å². The molecule has 2 nitrogen and oxygen atoms in total. The summed E-state index contributed by atoms with van der Waals surface area (Å²) in [4.78, 5) is 2.63. The Balaban J connectivity index is 2.21. The third kappa shape index (κ3) is 2.72. The van der Waals surface area contributed by atoms with Gasteiger partial charge in [0.25, 0.3) is 0 Å². The van der Waals surface area contributed by atoms with Crippen LogP contribution in [0, 0.1) is 25.2 Å². The van der Waals surface area contributed by atoms with Crippen molar-refractivity contribution in [3.63, 3.8) is 0 Å². The number of anilines is 1. The molecule has 1 atom stereocenters. The molecule has 0 bridgehead atoms. The summed E-state index contributed by atoms with van der Waals surface area (Å²) in [7, 11) is 0. The topological polar surface area (TPSA) is 35.8 Å². The number of hydrogen-bond donors (Lipinski definition) is 1. The lowest BCUT2D eigenvalue weighted by atomic mass is 10.1. The van der Waals surface area contributed by atoms with Gasteiger partial charge in [-0.1, -0.05) is 6.07 Å². The van der Waals surface area contributed by atoms with E-state index in [0.717, 1.165) is 11.3 Å². The average molecular weight is 256 g/mol. The van der Waals surface area contributed by atoms with Gasteiger partial charge in [0.15, 0.2) is 0 Å². The van der Waals surface area contributed by atoms with Gasteiger partial charge in [0.2, 0.25) is 0 Å². The zero-order valence-electron chi connectivity index (χ0n) is 10.8. The summed E-state index contributed by atoms with van der Waals surface area (Å²) in [5.41, 5.74) is 2.89. The second-order valence-corrected chi connectivity index (χ2v) is 5.78. The van der Waals surface area contributed by atoms with Crippen LogP contribution in [0.25, 0.3) is 0 Å². The van der Waals surface area contributed by atoms with Crippen molar-refractivity contribution in [1.82, 2.24) is 0 Å². The van der Waals surface area contributed by atoms with E-state index in [0.29, 0.717) is 5.56 Å². The molecule has 0 radical (unpaired) electrons. The minimum atomic E-state index is 0.261. The summed E-state index contributed by atoms with van der Waals surface area (Å²) in [5, 5.41) is 12.4. The van der Waals surface area contributed by atoms with Gasteiger partial charge in [0.05, 0.1) is 17.7 Å². The maximum atomic E-state index is 8.93. The number of thiophene rings is 1. The molecule has 3 heteroatoms. The van der Waals surface area contributed by atoms with Crippen LogP contribution in [0.3, 0.4) is 0 Å². The summed E-state index contributed by atoms with van der Waals surface area (Å²) < 4.78 is 0. The fourth-order valence-corrected chi connectivity index (χ4v) is 2.72. The number of nitrogens with zero attached hydrogens (tertiary/aromatic N) is 1. The Morgan fingerprint density at radius 3 is 2.61 bits per heavy atom. The van der Waals surface area contributed by atoms with E-state index < -0.39 is 0 Å². The first kappa shape index (κ1) is 12.7. The molecule has 1 heterocycles. The normalized spacial score (nSPS) is 11.9. The van der Waals surface area contributed by atoms with Crippen LogP contribution in [0.1, 0.15) is 33.8 Å². The maximum Gasteiger partial charge on any atom is 0.0992 e. The number of rotatable bonds is 3. The standard InChI is InChI=1S/C15H16N2S/c1-10-4-6-13(9-16)8-14(10)17-12(3)15-7-5-11(2)18-15/h4-8,12,17H,1-3H3. The van der Waals surface area contributed by atoms with Gasteiger partial charge in [-0.05, 0) is 50.6 Å². The van der Waals surface area contributed by atoms with E-state index in [9.17, 15) is 0 Å². The molecule has 0 aliphatic carbocycles. The van der Waals surface area contributed by atoms with Crippen LogP contribution >= 0.6 is 11.3 Å². The lowest BCUT2D eigenvalue weighted by Crippen LogP contribution is -2.06. The van der Waals surface area contributed by atoms with Crippen molar-refractivity contribution in [3.8, 4) is 6.07 Å². The lowest BCUT2D eigenvalue weighted by Gasteiger charge is -2.16. The average Bonchev–Trinajstić information content (AvgIpc) is 2.79. The van der Waals surface area contributed by atoms with Gasteiger partial charge in [-0.15, -0.1) is 11.3 Å². The molecule has 0 saturated carbocycles. The molecule has 18 heavy (non-hydrogen) atoms. The number of hydrogen-bond acceptors (Lipinski definition) is 3. The largest absolute Gasteiger partial charge is 0.377 e. The molecule has 0 spiro atoms. The van der Waals surface area contributed by atoms with E-state index in [2.05, 4.69) is 44.3 Å². The number of nitrogens with one attached hydrogen (secondary N) is 1. The summed E-state index contributed by atoms with van der Waals surface area (Å²) >= 11 is 1.80. The molecule has 0 aliphatic rings. The summed E-state index contributed by atoms with van der Waals surface area (Å²) in [5.74, 6) is 0. The van der Waals surface area contributed by atoms with Crippen molar-refractivity contribution < 1.29 is 0 Å². The lowest BCUT2D eigenvalue weighted by molar-refractivity contribution is 0.905. The zero-order chi connectivity index (χ0) is 13.1. The van der Waals surface area contributed by atoms with E-state index >= 15 is 0 Å². The molecule has 0 fully saturated rings. The number of benzene rings is 1. The first-order chi connectivity index (χ1) is 8.60. The molecule has 0 aliphatic heterocycles. The van der Waals surface area contributed by atoms with E-state index in [1.807, 2.05) is 18.2 Å². The van der Waals surface area contributed by atoms with Crippen LogP contribution in [0.4, 0.5) is 5.69 Å². The van der Waals surface area contributed by atoms with Gasteiger partial charge in [0.1, 0.15) is 0 Å². The van der Waals surface area contributed by atoms with Crippen LogP contribution in [0.5, 0.6) is 0 Å². The Morgan fingerprint density at radius 2 is 2.00 bits per heavy atom. The van der Waals surface area contributed by atoms with Crippen LogP contribution in [-0.2, 0) is 0 Å². The first-order valence-electron chi connectivity index (χ1n) is 5.94. The van der Waals surface area contributed by atoms with Crippen molar-refractivity contribution >= 4 is 17.0 Å². The molecule has 0 saturated heterocycles. The van der Waals surface area contributed by atoms with Gasteiger partial charge in [-0.25, -0.2) is 0 Å². The van der Waals surface area contributed by atoms with Crippen LogP contribution in [-0.4, -0.2) is 0 Å². The summed E-state index contributed by atoms with van der Waals surface area (Å²) in [6.45, 7) is 6.31. The molecule has 1 aromatic carbocycles. The van der Waals surface area contributed by atoms with Gasteiger partial charge >= 0.3 is 0 Å². The van der Waals surface area contributed by atoms with Crippen LogP contribution in [0.15, 0.2) is 30.3 Å². The number of nitriles is 1. The third-order valence-electron chi connectivity index (χ3n) is 2.93. The Hall–Kier alpha value is -1.79. The van der Waals surface area contributed by atoms with E-state index in [1.54, 1.807) is 11.3 Å². The molecule has 0 amide bonds. The summed E-state index contributed by atoms with van der Waals surface area (Å²) in [6.07, 6.45) is 0. The van der Waals surface area contributed by atoms with Crippen LogP contribution in [0.2, 0.25) is 0 Å². The molecule has 1 N–H and O–H groups in total. The zero-order valence-corrected chi connectivity index (χ0v) is 11.6. The smallest absolute Gasteiger partial charge is 0.0992 e. The number of aryl methyl sites for hydroxylation is 2. The molecule has 2 rings (SSSR count).